The minimum absolute atomic E-state index is 0.174. The van der Waals surface area contributed by atoms with Gasteiger partial charge in [-0.05, 0) is 18.2 Å². The Kier molecular flexibility index (Phi) is 5.40. The number of methoxy groups -OCH3 is 1. The fourth-order valence-electron chi connectivity index (χ4n) is 2.30. The van der Waals surface area contributed by atoms with E-state index in [1.165, 1.54) is 14.0 Å². The summed E-state index contributed by atoms with van der Waals surface area (Å²) < 4.78 is 4.66. The number of ether oxygens (including phenoxy) is 1. The number of benzene rings is 1. The lowest BCUT2D eigenvalue weighted by atomic mass is 10.2. The van der Waals surface area contributed by atoms with Gasteiger partial charge in [0.2, 0.25) is 5.91 Å². The molecule has 2 rings (SSSR count). The third-order valence-corrected chi connectivity index (χ3v) is 3.43. The third kappa shape index (κ3) is 4.60. The van der Waals surface area contributed by atoms with Crippen molar-refractivity contribution in [2.24, 2.45) is 0 Å². The Hall–Kier alpha value is -2.77. The molecule has 1 aliphatic heterocycles. The van der Waals surface area contributed by atoms with Crippen LogP contribution in [0.2, 0.25) is 0 Å². The summed E-state index contributed by atoms with van der Waals surface area (Å²) in [4.78, 5) is 37.9. The highest BCUT2D eigenvalue weighted by molar-refractivity contribution is 5.92. The first-order valence-corrected chi connectivity index (χ1v) is 7.26. The standard InChI is InChI=1S/C15H20N4O4/c1-11(20)16-12-4-3-5-13(10-12)17-14(21)18-6-8-19(9-7-18)15(22)23-2/h3-5,10H,6-9H2,1-2H3,(H,16,20)(H,17,21). The number of anilines is 2. The van der Waals surface area contributed by atoms with Crippen molar-refractivity contribution in [1.29, 1.82) is 0 Å². The number of carbonyl (C=O) groups is 3. The number of urea groups is 1. The van der Waals surface area contributed by atoms with Gasteiger partial charge in [-0.3, -0.25) is 4.79 Å². The molecule has 4 amide bonds. The molecule has 8 nitrogen and oxygen atoms in total. The second-order valence-electron chi connectivity index (χ2n) is 5.14. The van der Waals surface area contributed by atoms with Crippen molar-refractivity contribution in [3.8, 4) is 0 Å². The molecule has 0 atom stereocenters. The van der Waals surface area contributed by atoms with Crippen LogP contribution in [-0.4, -0.2) is 61.1 Å². The van der Waals surface area contributed by atoms with Crippen LogP contribution in [0.1, 0.15) is 6.92 Å². The zero-order chi connectivity index (χ0) is 16.8. The quantitative estimate of drug-likeness (QED) is 0.865. The van der Waals surface area contributed by atoms with Crippen LogP contribution in [0.4, 0.5) is 21.0 Å². The Morgan fingerprint density at radius 1 is 1.00 bits per heavy atom. The van der Waals surface area contributed by atoms with Gasteiger partial charge >= 0.3 is 12.1 Å². The van der Waals surface area contributed by atoms with E-state index in [4.69, 9.17) is 0 Å². The van der Waals surface area contributed by atoms with E-state index in [1.54, 1.807) is 34.1 Å². The maximum absolute atomic E-state index is 12.2. The molecule has 0 spiro atoms. The zero-order valence-electron chi connectivity index (χ0n) is 13.2. The molecule has 2 N–H and O–H groups in total. The van der Waals surface area contributed by atoms with Crippen LogP contribution in [0.3, 0.4) is 0 Å². The van der Waals surface area contributed by atoms with E-state index in [0.717, 1.165) is 0 Å². The second kappa shape index (κ2) is 7.48. The van der Waals surface area contributed by atoms with Crippen molar-refractivity contribution in [1.82, 2.24) is 9.80 Å². The van der Waals surface area contributed by atoms with Gasteiger partial charge in [-0.15, -0.1) is 0 Å². The van der Waals surface area contributed by atoms with Gasteiger partial charge in [0.05, 0.1) is 7.11 Å². The van der Waals surface area contributed by atoms with Crippen LogP contribution in [0.5, 0.6) is 0 Å². The normalized spacial score (nSPS) is 14.2. The summed E-state index contributed by atoms with van der Waals surface area (Å²) in [6.07, 6.45) is -0.381. The number of hydrogen-bond donors (Lipinski definition) is 2. The van der Waals surface area contributed by atoms with E-state index in [2.05, 4.69) is 15.4 Å². The van der Waals surface area contributed by atoms with Crippen molar-refractivity contribution in [2.75, 3.05) is 43.9 Å². The van der Waals surface area contributed by atoms with Crippen molar-refractivity contribution < 1.29 is 19.1 Å². The van der Waals surface area contributed by atoms with Gasteiger partial charge < -0.3 is 25.2 Å². The summed E-state index contributed by atoms with van der Waals surface area (Å²) in [7, 11) is 1.34. The SMILES string of the molecule is COC(=O)N1CCN(C(=O)Nc2cccc(NC(C)=O)c2)CC1. The first kappa shape index (κ1) is 16.6. The minimum Gasteiger partial charge on any atom is -0.453 e. The van der Waals surface area contributed by atoms with Crippen molar-refractivity contribution in [2.45, 2.75) is 6.92 Å². The van der Waals surface area contributed by atoms with Gasteiger partial charge in [0, 0.05) is 44.5 Å². The van der Waals surface area contributed by atoms with Crippen LogP contribution in [-0.2, 0) is 9.53 Å². The molecule has 0 radical (unpaired) electrons. The molecule has 0 aliphatic carbocycles. The van der Waals surface area contributed by atoms with Gasteiger partial charge in [0.15, 0.2) is 0 Å². The molecule has 0 bridgehead atoms. The molecule has 8 heteroatoms. The largest absolute Gasteiger partial charge is 0.453 e. The smallest absolute Gasteiger partial charge is 0.409 e. The molecule has 0 saturated carbocycles. The molecule has 1 aromatic rings. The highest BCUT2D eigenvalue weighted by Gasteiger charge is 2.24. The van der Waals surface area contributed by atoms with Crippen LogP contribution in [0.25, 0.3) is 0 Å². The van der Waals surface area contributed by atoms with E-state index in [0.29, 0.717) is 37.6 Å². The molecule has 0 aromatic heterocycles. The lowest BCUT2D eigenvalue weighted by Gasteiger charge is -2.33. The van der Waals surface area contributed by atoms with E-state index in [1.807, 2.05) is 0 Å². The molecule has 1 aliphatic rings. The van der Waals surface area contributed by atoms with Crippen molar-refractivity contribution in [3.05, 3.63) is 24.3 Å². The molecule has 1 aromatic carbocycles. The van der Waals surface area contributed by atoms with Crippen LogP contribution in [0, 0.1) is 0 Å². The fraction of sp³-hybridized carbons (Fsp3) is 0.400. The summed E-state index contributed by atoms with van der Waals surface area (Å²) in [6.45, 7) is 3.17. The number of piperazine rings is 1. The average molecular weight is 320 g/mol. The van der Waals surface area contributed by atoms with E-state index < -0.39 is 0 Å². The Labute approximate surface area is 134 Å². The van der Waals surface area contributed by atoms with Crippen LogP contribution < -0.4 is 10.6 Å². The molecule has 1 heterocycles. The molecule has 23 heavy (non-hydrogen) atoms. The predicted molar refractivity (Wildman–Crippen MR) is 85.3 cm³/mol. The van der Waals surface area contributed by atoms with Crippen LogP contribution in [0.15, 0.2) is 24.3 Å². The maximum atomic E-state index is 12.2. The van der Waals surface area contributed by atoms with E-state index >= 15 is 0 Å². The Morgan fingerprint density at radius 2 is 1.57 bits per heavy atom. The summed E-state index contributed by atoms with van der Waals surface area (Å²) in [6, 6.07) is 6.68. The highest BCUT2D eigenvalue weighted by Crippen LogP contribution is 2.16. The number of amides is 4. The number of nitrogens with zero attached hydrogens (tertiary/aromatic N) is 2. The number of nitrogens with one attached hydrogen (secondary N) is 2. The topological polar surface area (TPSA) is 91.0 Å². The molecule has 0 unspecified atom stereocenters. The summed E-state index contributed by atoms with van der Waals surface area (Å²) in [5.74, 6) is -0.174. The van der Waals surface area contributed by atoms with Crippen LogP contribution >= 0.6 is 0 Å². The van der Waals surface area contributed by atoms with E-state index in [-0.39, 0.29) is 18.0 Å². The highest BCUT2D eigenvalue weighted by atomic mass is 16.5. The fourth-order valence-corrected chi connectivity index (χ4v) is 2.30. The Bertz CT molecular complexity index is 597. The molecular formula is C15H20N4O4. The average Bonchev–Trinajstić information content (AvgIpc) is 2.54. The molecular weight excluding hydrogens is 300 g/mol. The number of rotatable bonds is 2. The first-order valence-electron chi connectivity index (χ1n) is 7.26. The van der Waals surface area contributed by atoms with E-state index in [9.17, 15) is 14.4 Å². The molecule has 1 saturated heterocycles. The van der Waals surface area contributed by atoms with Gasteiger partial charge in [-0.1, -0.05) is 6.07 Å². The number of carbonyl (C=O) groups excluding carboxylic acids is 3. The van der Waals surface area contributed by atoms with Gasteiger partial charge in [0.1, 0.15) is 0 Å². The van der Waals surface area contributed by atoms with Crippen molar-refractivity contribution in [3.63, 3.8) is 0 Å². The second-order valence-corrected chi connectivity index (χ2v) is 5.14. The summed E-state index contributed by atoms with van der Waals surface area (Å²) in [5, 5.41) is 5.45. The lowest BCUT2D eigenvalue weighted by Crippen LogP contribution is -2.51. The van der Waals surface area contributed by atoms with Gasteiger partial charge in [-0.2, -0.15) is 0 Å². The Morgan fingerprint density at radius 3 is 2.13 bits per heavy atom. The van der Waals surface area contributed by atoms with Gasteiger partial charge in [0.25, 0.3) is 0 Å². The molecule has 124 valence electrons. The lowest BCUT2D eigenvalue weighted by molar-refractivity contribution is -0.114. The minimum atomic E-state index is -0.381. The monoisotopic (exact) mass is 320 g/mol. The Balaban J connectivity index is 1.90. The molecule has 1 fully saturated rings. The summed E-state index contributed by atoms with van der Waals surface area (Å²) in [5.41, 5.74) is 1.21. The predicted octanol–water partition coefficient (Wildman–Crippen LogP) is 1.56. The summed E-state index contributed by atoms with van der Waals surface area (Å²) >= 11 is 0. The van der Waals surface area contributed by atoms with Gasteiger partial charge in [-0.25, -0.2) is 9.59 Å². The van der Waals surface area contributed by atoms with Crippen molar-refractivity contribution >= 4 is 29.4 Å². The first-order chi connectivity index (χ1) is 11.0. The number of hydrogen-bond acceptors (Lipinski definition) is 4. The zero-order valence-corrected chi connectivity index (χ0v) is 13.2. The maximum Gasteiger partial charge on any atom is 0.409 e. The third-order valence-electron chi connectivity index (χ3n) is 3.43.